The van der Waals surface area contributed by atoms with Crippen LogP contribution in [0.3, 0.4) is 0 Å². The first-order chi connectivity index (χ1) is 5.09. The van der Waals surface area contributed by atoms with E-state index in [0.717, 1.165) is 17.8 Å². The SMILES string of the molecule is CC1=C(CC(=O)O)CC(C)O1. The van der Waals surface area contributed by atoms with Crippen molar-refractivity contribution in [1.82, 2.24) is 0 Å². The zero-order valence-corrected chi connectivity index (χ0v) is 6.76. The van der Waals surface area contributed by atoms with E-state index in [9.17, 15) is 4.79 Å². The molecule has 1 atom stereocenters. The molecule has 0 aromatic rings. The summed E-state index contributed by atoms with van der Waals surface area (Å²) in [6.45, 7) is 3.76. The van der Waals surface area contributed by atoms with E-state index < -0.39 is 5.97 Å². The number of aliphatic carboxylic acids is 1. The molecule has 3 nitrogen and oxygen atoms in total. The lowest BCUT2D eigenvalue weighted by molar-refractivity contribution is -0.136. The summed E-state index contributed by atoms with van der Waals surface area (Å²) in [6.07, 6.45) is 1.04. The molecule has 0 aromatic heterocycles. The predicted molar refractivity (Wildman–Crippen MR) is 40.1 cm³/mol. The van der Waals surface area contributed by atoms with E-state index in [2.05, 4.69) is 0 Å². The topological polar surface area (TPSA) is 46.5 Å². The van der Waals surface area contributed by atoms with Crippen LogP contribution in [-0.4, -0.2) is 17.2 Å². The summed E-state index contributed by atoms with van der Waals surface area (Å²) in [4.78, 5) is 10.3. The van der Waals surface area contributed by atoms with E-state index >= 15 is 0 Å². The van der Waals surface area contributed by atoms with Crippen LogP contribution in [0.1, 0.15) is 26.7 Å². The molecule has 1 rings (SSSR count). The number of carbonyl (C=O) groups is 1. The molecule has 1 N–H and O–H groups in total. The molecule has 62 valence electrons. The maximum absolute atomic E-state index is 10.3. The minimum atomic E-state index is -0.781. The van der Waals surface area contributed by atoms with Gasteiger partial charge in [-0.05, 0) is 19.4 Å². The molecule has 1 aliphatic heterocycles. The van der Waals surface area contributed by atoms with E-state index in [1.807, 2.05) is 13.8 Å². The largest absolute Gasteiger partial charge is 0.495 e. The van der Waals surface area contributed by atoms with E-state index in [1.165, 1.54) is 0 Å². The molecule has 0 amide bonds. The highest BCUT2D eigenvalue weighted by Crippen LogP contribution is 2.26. The van der Waals surface area contributed by atoms with Crippen molar-refractivity contribution in [3.63, 3.8) is 0 Å². The number of allylic oxidation sites excluding steroid dienone is 1. The van der Waals surface area contributed by atoms with Crippen molar-refractivity contribution >= 4 is 5.97 Å². The number of hydrogen-bond acceptors (Lipinski definition) is 2. The van der Waals surface area contributed by atoms with Crippen molar-refractivity contribution in [2.75, 3.05) is 0 Å². The summed E-state index contributed by atoms with van der Waals surface area (Å²) in [5, 5.41) is 8.49. The molecule has 3 heteroatoms. The Labute approximate surface area is 65.7 Å². The summed E-state index contributed by atoms with van der Waals surface area (Å²) >= 11 is 0. The zero-order chi connectivity index (χ0) is 8.43. The van der Waals surface area contributed by atoms with Crippen molar-refractivity contribution in [2.24, 2.45) is 0 Å². The van der Waals surface area contributed by atoms with Gasteiger partial charge in [0.1, 0.15) is 0 Å². The Morgan fingerprint density at radius 1 is 1.82 bits per heavy atom. The van der Waals surface area contributed by atoms with Crippen LogP contribution in [0.2, 0.25) is 0 Å². The molecule has 0 saturated carbocycles. The Hall–Kier alpha value is -0.990. The van der Waals surface area contributed by atoms with Crippen LogP contribution in [0.5, 0.6) is 0 Å². The predicted octanol–water partition coefficient (Wildman–Crippen LogP) is 1.54. The Kier molecular flexibility index (Phi) is 2.17. The second-order valence-corrected chi connectivity index (χ2v) is 2.86. The van der Waals surface area contributed by atoms with Gasteiger partial charge in [0.2, 0.25) is 0 Å². The van der Waals surface area contributed by atoms with Gasteiger partial charge in [-0.25, -0.2) is 0 Å². The number of ether oxygens (including phenoxy) is 1. The van der Waals surface area contributed by atoms with E-state index in [-0.39, 0.29) is 12.5 Å². The molecular formula is C8H12O3. The van der Waals surface area contributed by atoms with Gasteiger partial charge in [-0.2, -0.15) is 0 Å². The Morgan fingerprint density at radius 2 is 2.45 bits per heavy atom. The molecular weight excluding hydrogens is 144 g/mol. The lowest BCUT2D eigenvalue weighted by atomic mass is 10.1. The van der Waals surface area contributed by atoms with E-state index in [0.29, 0.717) is 0 Å². The van der Waals surface area contributed by atoms with Crippen LogP contribution in [0, 0.1) is 0 Å². The van der Waals surface area contributed by atoms with Gasteiger partial charge in [0.05, 0.1) is 18.3 Å². The highest BCUT2D eigenvalue weighted by Gasteiger charge is 2.20. The fourth-order valence-electron chi connectivity index (χ4n) is 1.30. The maximum Gasteiger partial charge on any atom is 0.307 e. The van der Waals surface area contributed by atoms with Crippen LogP contribution < -0.4 is 0 Å². The second-order valence-electron chi connectivity index (χ2n) is 2.86. The molecule has 11 heavy (non-hydrogen) atoms. The zero-order valence-electron chi connectivity index (χ0n) is 6.76. The van der Waals surface area contributed by atoms with Gasteiger partial charge in [-0.1, -0.05) is 0 Å². The average molecular weight is 156 g/mol. The van der Waals surface area contributed by atoms with Gasteiger partial charge in [0.15, 0.2) is 0 Å². The third-order valence-corrected chi connectivity index (χ3v) is 1.77. The van der Waals surface area contributed by atoms with Gasteiger partial charge >= 0.3 is 5.97 Å². The molecule has 0 radical (unpaired) electrons. The maximum atomic E-state index is 10.3. The number of hydrogen-bond donors (Lipinski definition) is 1. The highest BCUT2D eigenvalue weighted by atomic mass is 16.5. The fourth-order valence-corrected chi connectivity index (χ4v) is 1.30. The van der Waals surface area contributed by atoms with Crippen molar-refractivity contribution in [2.45, 2.75) is 32.8 Å². The van der Waals surface area contributed by atoms with E-state index in [1.54, 1.807) is 0 Å². The summed E-state index contributed by atoms with van der Waals surface area (Å²) in [6, 6.07) is 0. The molecule has 0 saturated heterocycles. The fraction of sp³-hybridized carbons (Fsp3) is 0.625. The smallest absolute Gasteiger partial charge is 0.307 e. The average Bonchev–Trinajstić information content (AvgIpc) is 2.09. The van der Waals surface area contributed by atoms with Gasteiger partial charge in [-0.15, -0.1) is 0 Å². The van der Waals surface area contributed by atoms with Gasteiger partial charge in [-0.3, -0.25) is 4.79 Å². The highest BCUT2D eigenvalue weighted by molar-refractivity contribution is 5.70. The van der Waals surface area contributed by atoms with Crippen LogP contribution in [-0.2, 0) is 9.53 Å². The molecule has 0 fully saturated rings. The molecule has 0 spiro atoms. The number of rotatable bonds is 2. The summed E-state index contributed by atoms with van der Waals surface area (Å²) < 4.78 is 5.29. The number of carboxylic acids is 1. The van der Waals surface area contributed by atoms with Crippen LogP contribution >= 0.6 is 0 Å². The van der Waals surface area contributed by atoms with Crippen molar-refractivity contribution in [3.8, 4) is 0 Å². The quantitative estimate of drug-likeness (QED) is 0.659. The van der Waals surface area contributed by atoms with Crippen molar-refractivity contribution in [1.29, 1.82) is 0 Å². The monoisotopic (exact) mass is 156 g/mol. The minimum absolute atomic E-state index is 0.121. The van der Waals surface area contributed by atoms with Crippen LogP contribution in [0.15, 0.2) is 11.3 Å². The molecule has 1 heterocycles. The van der Waals surface area contributed by atoms with Crippen LogP contribution in [0.4, 0.5) is 0 Å². The third-order valence-electron chi connectivity index (χ3n) is 1.77. The van der Waals surface area contributed by atoms with Gasteiger partial charge < -0.3 is 9.84 Å². The lowest BCUT2D eigenvalue weighted by Gasteiger charge is -2.01. The summed E-state index contributed by atoms with van der Waals surface area (Å²) in [7, 11) is 0. The minimum Gasteiger partial charge on any atom is -0.495 e. The Morgan fingerprint density at radius 3 is 2.82 bits per heavy atom. The standard InChI is InChI=1S/C8H12O3/c1-5-3-7(4-8(9)10)6(2)11-5/h5H,3-4H2,1-2H3,(H,9,10). The summed E-state index contributed by atoms with van der Waals surface area (Å²) in [5.74, 6) is 0.0111. The van der Waals surface area contributed by atoms with Crippen molar-refractivity contribution in [3.05, 3.63) is 11.3 Å². The summed E-state index contributed by atoms with van der Waals surface area (Å²) in [5.41, 5.74) is 0.921. The molecule has 0 aliphatic carbocycles. The van der Waals surface area contributed by atoms with Gasteiger partial charge in [0.25, 0.3) is 0 Å². The molecule has 1 aliphatic rings. The third kappa shape index (κ3) is 1.97. The lowest BCUT2D eigenvalue weighted by Crippen LogP contribution is -1.99. The normalized spacial score (nSPS) is 23.6. The molecule has 0 aromatic carbocycles. The first-order valence-electron chi connectivity index (χ1n) is 3.66. The number of carboxylic acid groups (broad SMARTS) is 1. The van der Waals surface area contributed by atoms with E-state index in [4.69, 9.17) is 9.84 Å². The Bertz CT molecular complexity index is 205. The first kappa shape index (κ1) is 8.11. The van der Waals surface area contributed by atoms with Crippen molar-refractivity contribution < 1.29 is 14.6 Å². The van der Waals surface area contributed by atoms with Crippen LogP contribution in [0.25, 0.3) is 0 Å². The molecule has 0 bridgehead atoms. The second kappa shape index (κ2) is 2.95. The van der Waals surface area contributed by atoms with Gasteiger partial charge in [0, 0.05) is 6.42 Å². The first-order valence-corrected chi connectivity index (χ1v) is 3.66. The Balaban J connectivity index is 2.57. The molecule has 1 unspecified atom stereocenters.